The number of hydrogen-bond acceptors (Lipinski definition) is 5. The highest BCUT2D eigenvalue weighted by atomic mass is 16.2. The molecule has 148 valence electrons. The number of nitrogens with zero attached hydrogens (tertiary/aromatic N) is 2. The number of nitrogens with one attached hydrogen (secondary N) is 2. The van der Waals surface area contributed by atoms with E-state index in [2.05, 4.69) is 21.6 Å². The first kappa shape index (κ1) is 17.8. The third kappa shape index (κ3) is 3.02. The highest BCUT2D eigenvalue weighted by Gasteiger charge is 2.40. The second kappa shape index (κ2) is 6.67. The van der Waals surface area contributed by atoms with Gasteiger partial charge in [0.1, 0.15) is 6.04 Å². The van der Waals surface area contributed by atoms with Gasteiger partial charge in [-0.25, -0.2) is 0 Å². The number of imide groups is 1. The van der Waals surface area contributed by atoms with Crippen molar-refractivity contribution in [1.29, 1.82) is 0 Å². The molecule has 1 atom stereocenters. The number of fused-ring (bicyclic) bond motifs is 1. The number of likely N-dealkylation sites (tertiary alicyclic amines) is 1. The minimum Gasteiger partial charge on any atom is -0.322 e. The minimum absolute atomic E-state index is 0.0948. The zero-order chi connectivity index (χ0) is 19.3. The topological polar surface area (TPSA) is 81.8 Å². The highest BCUT2D eigenvalue weighted by Crippen LogP contribution is 2.32. The van der Waals surface area contributed by atoms with Gasteiger partial charge in [0.2, 0.25) is 11.8 Å². The second-order valence-electron chi connectivity index (χ2n) is 8.62. The van der Waals surface area contributed by atoms with Crippen LogP contribution in [0.1, 0.15) is 53.6 Å². The van der Waals surface area contributed by atoms with Crippen molar-refractivity contribution in [2.75, 3.05) is 19.6 Å². The Hall–Kier alpha value is -2.25. The van der Waals surface area contributed by atoms with E-state index in [9.17, 15) is 14.4 Å². The lowest BCUT2D eigenvalue weighted by Crippen LogP contribution is -2.61. The van der Waals surface area contributed by atoms with E-state index < -0.39 is 6.04 Å². The molecule has 3 amide bonds. The molecule has 0 saturated carbocycles. The second-order valence-corrected chi connectivity index (χ2v) is 8.62. The van der Waals surface area contributed by atoms with E-state index in [1.165, 1.54) is 19.3 Å². The fourth-order valence-corrected chi connectivity index (χ4v) is 5.00. The number of rotatable bonds is 3. The van der Waals surface area contributed by atoms with E-state index in [1.807, 2.05) is 12.1 Å². The molecule has 3 saturated heterocycles. The van der Waals surface area contributed by atoms with E-state index in [0.29, 0.717) is 24.1 Å². The molecule has 1 unspecified atom stereocenters. The summed E-state index contributed by atoms with van der Waals surface area (Å²) in [6.45, 7) is 4.62. The number of hydrogen-bond donors (Lipinski definition) is 2. The molecule has 4 heterocycles. The van der Waals surface area contributed by atoms with Crippen molar-refractivity contribution in [2.45, 2.75) is 56.8 Å². The predicted molar refractivity (Wildman–Crippen MR) is 102 cm³/mol. The number of carbonyl (C=O) groups is 3. The van der Waals surface area contributed by atoms with E-state index in [0.717, 1.165) is 37.3 Å². The van der Waals surface area contributed by atoms with E-state index in [4.69, 9.17) is 0 Å². The smallest absolute Gasteiger partial charge is 0.255 e. The maximum atomic E-state index is 12.9. The summed E-state index contributed by atoms with van der Waals surface area (Å²) in [4.78, 5) is 40.6. The van der Waals surface area contributed by atoms with Crippen LogP contribution in [0.15, 0.2) is 18.2 Å². The first-order valence-electron chi connectivity index (χ1n) is 10.3. The Kier molecular flexibility index (Phi) is 4.25. The lowest BCUT2D eigenvalue weighted by molar-refractivity contribution is -0.136. The minimum atomic E-state index is -0.547. The Morgan fingerprint density at radius 2 is 1.89 bits per heavy atom. The van der Waals surface area contributed by atoms with Gasteiger partial charge in [0.25, 0.3) is 5.91 Å². The molecular formula is C21H26N4O3. The maximum Gasteiger partial charge on any atom is 0.255 e. The summed E-state index contributed by atoms with van der Waals surface area (Å²) in [5, 5.41) is 5.95. The highest BCUT2D eigenvalue weighted by molar-refractivity contribution is 6.05. The molecule has 0 aliphatic carbocycles. The van der Waals surface area contributed by atoms with Crippen LogP contribution < -0.4 is 10.6 Å². The van der Waals surface area contributed by atoms with Crippen molar-refractivity contribution in [1.82, 2.24) is 20.4 Å². The Morgan fingerprint density at radius 1 is 1.11 bits per heavy atom. The Bertz CT molecular complexity index is 838. The fourth-order valence-electron chi connectivity index (χ4n) is 5.00. The summed E-state index contributed by atoms with van der Waals surface area (Å²) in [6.07, 6.45) is 4.37. The van der Waals surface area contributed by atoms with Crippen LogP contribution in [0.3, 0.4) is 0 Å². The lowest BCUT2D eigenvalue weighted by atomic mass is 9.79. The largest absolute Gasteiger partial charge is 0.322 e. The van der Waals surface area contributed by atoms with Crippen molar-refractivity contribution < 1.29 is 14.4 Å². The zero-order valence-electron chi connectivity index (χ0n) is 16.0. The van der Waals surface area contributed by atoms with Crippen LogP contribution in [0.2, 0.25) is 0 Å². The van der Waals surface area contributed by atoms with E-state index in [-0.39, 0.29) is 24.1 Å². The fraction of sp³-hybridized carbons (Fsp3) is 0.571. The number of piperidine rings is 2. The van der Waals surface area contributed by atoms with Crippen LogP contribution in [0.5, 0.6) is 0 Å². The predicted octanol–water partition coefficient (Wildman–Crippen LogP) is 0.776. The number of benzene rings is 1. The van der Waals surface area contributed by atoms with Crippen molar-refractivity contribution in [3.05, 3.63) is 34.9 Å². The van der Waals surface area contributed by atoms with Crippen molar-refractivity contribution in [3.63, 3.8) is 0 Å². The summed E-state index contributed by atoms with van der Waals surface area (Å²) in [7, 11) is 0. The van der Waals surface area contributed by atoms with Crippen LogP contribution in [-0.2, 0) is 22.7 Å². The van der Waals surface area contributed by atoms with Gasteiger partial charge in [0.05, 0.1) is 0 Å². The van der Waals surface area contributed by atoms with Gasteiger partial charge in [0, 0.05) is 43.7 Å². The third-order valence-electron chi connectivity index (χ3n) is 6.92. The van der Waals surface area contributed by atoms with Crippen LogP contribution in [-0.4, -0.2) is 58.7 Å². The maximum absolute atomic E-state index is 12.9. The van der Waals surface area contributed by atoms with Gasteiger partial charge < -0.3 is 10.2 Å². The number of carbonyl (C=O) groups excluding carboxylic acids is 3. The van der Waals surface area contributed by atoms with Crippen molar-refractivity contribution >= 4 is 17.7 Å². The van der Waals surface area contributed by atoms with E-state index >= 15 is 0 Å². The van der Waals surface area contributed by atoms with Crippen LogP contribution in [0, 0.1) is 0 Å². The van der Waals surface area contributed by atoms with Gasteiger partial charge in [-0.15, -0.1) is 0 Å². The van der Waals surface area contributed by atoms with Crippen molar-refractivity contribution in [3.8, 4) is 0 Å². The molecule has 2 N–H and O–H groups in total. The van der Waals surface area contributed by atoms with Crippen LogP contribution in [0.4, 0.5) is 0 Å². The van der Waals surface area contributed by atoms with Crippen molar-refractivity contribution in [2.24, 2.45) is 0 Å². The molecule has 3 fully saturated rings. The molecule has 1 aromatic carbocycles. The molecule has 0 radical (unpaired) electrons. The Balaban J connectivity index is 1.26. The summed E-state index contributed by atoms with van der Waals surface area (Å²) < 4.78 is 0. The third-order valence-corrected chi connectivity index (χ3v) is 6.92. The quantitative estimate of drug-likeness (QED) is 0.755. The summed E-state index contributed by atoms with van der Waals surface area (Å²) >= 11 is 0. The molecule has 1 aromatic rings. The molecule has 4 aliphatic heterocycles. The SMILES string of the molecule is O=C1CCC(N2Cc3ccc(CN4CCC5(CCN5)CC4)cc3C2=O)C(=O)N1. The van der Waals surface area contributed by atoms with Gasteiger partial charge in [0.15, 0.2) is 0 Å². The first-order valence-corrected chi connectivity index (χ1v) is 10.3. The normalized spacial score (nSPS) is 26.9. The monoisotopic (exact) mass is 382 g/mol. The molecule has 7 heteroatoms. The number of amides is 3. The van der Waals surface area contributed by atoms with Gasteiger partial charge >= 0.3 is 0 Å². The lowest BCUT2D eigenvalue weighted by Gasteiger charge is -2.49. The average molecular weight is 382 g/mol. The molecule has 0 bridgehead atoms. The molecular weight excluding hydrogens is 356 g/mol. The molecule has 7 nitrogen and oxygen atoms in total. The zero-order valence-corrected chi connectivity index (χ0v) is 16.0. The summed E-state index contributed by atoms with van der Waals surface area (Å²) in [6, 6.07) is 5.57. The van der Waals surface area contributed by atoms with E-state index in [1.54, 1.807) is 4.90 Å². The molecule has 28 heavy (non-hydrogen) atoms. The first-order chi connectivity index (χ1) is 13.5. The van der Waals surface area contributed by atoms with Gasteiger partial charge in [-0.05, 0) is 49.4 Å². The van der Waals surface area contributed by atoms with Gasteiger partial charge in [-0.1, -0.05) is 12.1 Å². The summed E-state index contributed by atoms with van der Waals surface area (Å²) in [5.74, 6) is -0.708. The van der Waals surface area contributed by atoms with Crippen LogP contribution >= 0.6 is 0 Å². The summed E-state index contributed by atoms with van der Waals surface area (Å²) in [5.41, 5.74) is 3.22. The molecule has 5 rings (SSSR count). The molecule has 1 spiro atoms. The molecule has 0 aromatic heterocycles. The van der Waals surface area contributed by atoms with Gasteiger partial charge in [-0.3, -0.25) is 24.6 Å². The van der Waals surface area contributed by atoms with Gasteiger partial charge in [-0.2, -0.15) is 0 Å². The standard InChI is InChI=1S/C21H26N4O3/c26-18-4-3-17(19(27)23-18)25-13-15-2-1-14(11-16(15)20(25)28)12-24-9-6-21(7-10-24)5-8-22-21/h1-2,11,17,22H,3-10,12-13H2,(H,23,26,27). The average Bonchev–Trinajstić information content (AvgIpc) is 2.97. The Labute approximate surface area is 164 Å². The molecule has 4 aliphatic rings. The Morgan fingerprint density at radius 3 is 2.57 bits per heavy atom. The van der Waals surface area contributed by atoms with Crippen LogP contribution in [0.25, 0.3) is 0 Å².